The number of fused-ring (bicyclic) bond motifs is 2. The molecule has 2 N–H and O–H groups in total. The molecule has 2 aromatic carbocycles. The lowest BCUT2D eigenvalue weighted by atomic mass is 9.90. The summed E-state index contributed by atoms with van der Waals surface area (Å²) in [6.07, 6.45) is 7.97. The Morgan fingerprint density at radius 2 is 1.09 bits per heavy atom. The number of carbonyl (C=O) groups is 2. The molecule has 2 aliphatic carbocycles. The molecule has 0 unspecified atom stereocenters. The lowest BCUT2D eigenvalue weighted by molar-refractivity contribution is -0.123. The van der Waals surface area contributed by atoms with E-state index in [2.05, 4.69) is 45.3 Å². The van der Waals surface area contributed by atoms with Crippen LogP contribution in [0.2, 0.25) is 0 Å². The third-order valence-corrected chi connectivity index (χ3v) is 6.06. The smallest absolute Gasteiger partial charge is 0.240 e. The van der Waals surface area contributed by atoms with Crippen LogP contribution < -0.4 is 10.9 Å². The van der Waals surface area contributed by atoms with Crippen molar-refractivity contribution in [2.75, 3.05) is 0 Å². The van der Waals surface area contributed by atoms with Gasteiger partial charge in [-0.25, -0.2) is 10.9 Å². The summed E-state index contributed by atoms with van der Waals surface area (Å²) >= 11 is 0. The van der Waals surface area contributed by atoms with E-state index in [1.54, 1.807) is 0 Å². The highest BCUT2D eigenvalue weighted by Gasteiger charge is 2.16. The molecule has 0 aromatic heterocycles. The van der Waals surface area contributed by atoms with E-state index in [1.165, 1.54) is 11.1 Å². The lowest BCUT2D eigenvalue weighted by Gasteiger charge is -2.17. The zero-order chi connectivity index (χ0) is 22.2. The highest BCUT2D eigenvalue weighted by molar-refractivity contribution is 6.03. The molecule has 2 amide bonds. The number of unbranched alkanes of at least 4 members (excludes halogenated alkanes) is 1. The first kappa shape index (κ1) is 21.9. The zero-order valence-corrected chi connectivity index (χ0v) is 18.4. The molecular weight excluding hydrogens is 400 g/mol. The van der Waals surface area contributed by atoms with Crippen LogP contribution in [0.5, 0.6) is 0 Å². The van der Waals surface area contributed by atoms with Crippen LogP contribution in [0.1, 0.15) is 73.6 Å². The molecule has 2 aliphatic rings. The summed E-state index contributed by atoms with van der Waals surface area (Å²) in [5, 5.41) is 8.72. The fourth-order valence-corrected chi connectivity index (χ4v) is 4.38. The molecule has 0 saturated heterocycles. The predicted octanol–water partition coefficient (Wildman–Crippen LogP) is 4.26. The van der Waals surface area contributed by atoms with E-state index in [4.69, 9.17) is 0 Å². The van der Waals surface area contributed by atoms with Crippen molar-refractivity contribution >= 4 is 23.2 Å². The topological polar surface area (TPSA) is 82.9 Å². The number of aryl methyl sites for hydroxylation is 2. The first-order valence-electron chi connectivity index (χ1n) is 11.6. The van der Waals surface area contributed by atoms with E-state index in [1.807, 2.05) is 24.3 Å². The number of hydrazone groups is 2. The van der Waals surface area contributed by atoms with E-state index < -0.39 is 0 Å². The van der Waals surface area contributed by atoms with Crippen LogP contribution >= 0.6 is 0 Å². The lowest BCUT2D eigenvalue weighted by Crippen LogP contribution is -2.23. The molecule has 6 heteroatoms. The molecule has 0 atom stereocenters. The summed E-state index contributed by atoms with van der Waals surface area (Å²) in [7, 11) is 0. The van der Waals surface area contributed by atoms with Gasteiger partial charge in [0.2, 0.25) is 11.8 Å². The SMILES string of the molecule is O=C(CCCCC(=O)N/N=C1/CCCc2ccccc21)N/N=C1/CCCc2ccccc21. The van der Waals surface area contributed by atoms with Crippen molar-refractivity contribution in [3.05, 3.63) is 70.8 Å². The maximum atomic E-state index is 12.2. The minimum Gasteiger partial charge on any atom is -0.273 e. The van der Waals surface area contributed by atoms with E-state index >= 15 is 0 Å². The van der Waals surface area contributed by atoms with Gasteiger partial charge in [-0.3, -0.25) is 9.59 Å². The van der Waals surface area contributed by atoms with E-state index in [0.29, 0.717) is 25.7 Å². The third-order valence-electron chi connectivity index (χ3n) is 6.06. The molecule has 0 heterocycles. The van der Waals surface area contributed by atoms with Gasteiger partial charge in [-0.2, -0.15) is 10.2 Å². The Bertz CT molecular complexity index is 958. The molecule has 32 heavy (non-hydrogen) atoms. The number of benzene rings is 2. The van der Waals surface area contributed by atoms with Crippen molar-refractivity contribution in [3.8, 4) is 0 Å². The van der Waals surface area contributed by atoms with Gasteiger partial charge < -0.3 is 0 Å². The molecule has 0 aliphatic heterocycles. The molecule has 166 valence electrons. The number of hydrogen-bond donors (Lipinski definition) is 2. The minimum absolute atomic E-state index is 0.111. The Morgan fingerprint density at radius 3 is 1.56 bits per heavy atom. The summed E-state index contributed by atoms with van der Waals surface area (Å²) < 4.78 is 0. The average Bonchev–Trinajstić information content (AvgIpc) is 2.84. The Hall–Kier alpha value is -3.28. The summed E-state index contributed by atoms with van der Waals surface area (Å²) in [6.45, 7) is 0. The highest BCUT2D eigenvalue weighted by Crippen LogP contribution is 2.22. The summed E-state index contributed by atoms with van der Waals surface area (Å²) in [5.74, 6) is -0.222. The minimum atomic E-state index is -0.111. The Balaban J connectivity index is 1.18. The summed E-state index contributed by atoms with van der Waals surface area (Å²) in [6, 6.07) is 16.5. The summed E-state index contributed by atoms with van der Waals surface area (Å²) in [4.78, 5) is 24.3. The third kappa shape index (κ3) is 5.69. The fourth-order valence-electron chi connectivity index (χ4n) is 4.38. The van der Waals surface area contributed by atoms with Crippen molar-refractivity contribution in [2.24, 2.45) is 10.2 Å². The average molecular weight is 431 g/mol. The molecular formula is C26H30N4O2. The molecule has 0 fully saturated rings. The van der Waals surface area contributed by atoms with Gasteiger partial charge in [-0.15, -0.1) is 0 Å². The highest BCUT2D eigenvalue weighted by atomic mass is 16.2. The molecule has 6 nitrogen and oxygen atoms in total. The first-order chi connectivity index (χ1) is 15.7. The van der Waals surface area contributed by atoms with Crippen molar-refractivity contribution < 1.29 is 9.59 Å². The molecule has 0 spiro atoms. The van der Waals surface area contributed by atoms with E-state index in [-0.39, 0.29) is 11.8 Å². The predicted molar refractivity (Wildman–Crippen MR) is 127 cm³/mol. The molecule has 0 bridgehead atoms. The van der Waals surface area contributed by atoms with Gasteiger partial charge in [-0.1, -0.05) is 48.5 Å². The van der Waals surface area contributed by atoms with E-state index in [0.717, 1.165) is 61.1 Å². The van der Waals surface area contributed by atoms with Gasteiger partial charge in [0.1, 0.15) is 0 Å². The van der Waals surface area contributed by atoms with Crippen LogP contribution in [0.15, 0.2) is 58.7 Å². The van der Waals surface area contributed by atoms with Gasteiger partial charge in [0.05, 0.1) is 11.4 Å². The normalized spacial score (nSPS) is 17.5. The number of carbonyl (C=O) groups excluding carboxylic acids is 2. The van der Waals surface area contributed by atoms with Gasteiger partial charge in [0.15, 0.2) is 0 Å². The Labute approximate surface area is 189 Å². The number of hydrogen-bond acceptors (Lipinski definition) is 4. The maximum Gasteiger partial charge on any atom is 0.240 e. The maximum absolute atomic E-state index is 12.2. The first-order valence-corrected chi connectivity index (χ1v) is 11.6. The second kappa shape index (κ2) is 10.8. The molecule has 2 aromatic rings. The van der Waals surface area contributed by atoms with Crippen LogP contribution in [-0.2, 0) is 22.4 Å². The van der Waals surface area contributed by atoms with Gasteiger partial charge in [0.25, 0.3) is 0 Å². The quantitative estimate of drug-likeness (QED) is 0.508. The second-order valence-corrected chi connectivity index (χ2v) is 8.42. The number of nitrogens with zero attached hydrogens (tertiary/aromatic N) is 2. The summed E-state index contributed by atoms with van der Waals surface area (Å²) in [5.41, 5.74) is 12.1. The number of rotatable bonds is 7. The molecule has 4 rings (SSSR count). The Morgan fingerprint density at radius 1 is 0.656 bits per heavy atom. The van der Waals surface area contributed by atoms with Crippen LogP contribution in [0.25, 0.3) is 0 Å². The van der Waals surface area contributed by atoms with Crippen molar-refractivity contribution in [1.29, 1.82) is 0 Å². The largest absolute Gasteiger partial charge is 0.273 e. The standard InChI is InChI=1S/C26H30N4O2/c31-25(29-27-23-15-7-11-19-9-1-3-13-21(19)23)17-5-6-18-26(32)30-28-24-16-8-12-20-10-2-4-14-22(20)24/h1-4,9-10,13-14H,5-8,11-12,15-18H2,(H,29,31)(H,30,32)/b27-23-,28-24-. The van der Waals surface area contributed by atoms with Gasteiger partial charge in [-0.05, 0) is 62.5 Å². The van der Waals surface area contributed by atoms with Crippen LogP contribution in [-0.4, -0.2) is 23.2 Å². The number of nitrogens with one attached hydrogen (secondary N) is 2. The van der Waals surface area contributed by atoms with Crippen molar-refractivity contribution in [3.63, 3.8) is 0 Å². The monoisotopic (exact) mass is 430 g/mol. The van der Waals surface area contributed by atoms with Crippen molar-refractivity contribution in [2.45, 2.75) is 64.2 Å². The Kier molecular flexibility index (Phi) is 7.43. The van der Waals surface area contributed by atoms with E-state index in [9.17, 15) is 9.59 Å². The van der Waals surface area contributed by atoms with Gasteiger partial charge in [0, 0.05) is 24.0 Å². The van der Waals surface area contributed by atoms with Crippen molar-refractivity contribution in [1.82, 2.24) is 10.9 Å². The fraction of sp³-hybridized carbons (Fsp3) is 0.385. The van der Waals surface area contributed by atoms with Crippen LogP contribution in [0.4, 0.5) is 0 Å². The second-order valence-electron chi connectivity index (χ2n) is 8.42. The van der Waals surface area contributed by atoms with Gasteiger partial charge >= 0.3 is 0 Å². The zero-order valence-electron chi connectivity index (χ0n) is 18.4. The number of amides is 2. The molecule has 0 saturated carbocycles. The van der Waals surface area contributed by atoms with Crippen LogP contribution in [0, 0.1) is 0 Å². The molecule has 0 radical (unpaired) electrons. The van der Waals surface area contributed by atoms with Crippen LogP contribution in [0.3, 0.4) is 0 Å².